The molecule has 1 atom stereocenters. The monoisotopic (exact) mass is 308 g/mol. The second-order valence-electron chi connectivity index (χ2n) is 6.15. The predicted octanol–water partition coefficient (Wildman–Crippen LogP) is 3.04. The molecular weight excluding hydrogens is 284 g/mol. The van der Waals surface area contributed by atoms with E-state index in [1.54, 1.807) is 6.92 Å². The molecule has 0 spiro atoms. The number of nitrogens with zero attached hydrogens (tertiary/aromatic N) is 2. The van der Waals surface area contributed by atoms with Crippen molar-refractivity contribution >= 4 is 17.4 Å². The summed E-state index contributed by atoms with van der Waals surface area (Å²) in [5.41, 5.74) is 1.07. The number of halogens is 1. The molecule has 0 N–H and O–H groups in total. The molecule has 21 heavy (non-hydrogen) atoms. The summed E-state index contributed by atoms with van der Waals surface area (Å²) >= 11 is 5.93. The van der Waals surface area contributed by atoms with Gasteiger partial charge in [-0.3, -0.25) is 14.6 Å². The molecule has 2 rings (SSSR count). The van der Waals surface area contributed by atoms with Crippen molar-refractivity contribution in [2.24, 2.45) is 0 Å². The summed E-state index contributed by atoms with van der Waals surface area (Å²) in [4.78, 5) is 16.9. The fourth-order valence-corrected chi connectivity index (χ4v) is 3.01. The van der Waals surface area contributed by atoms with Gasteiger partial charge in [0.2, 0.25) is 0 Å². The fraction of sp³-hybridized carbons (Fsp3) is 0.588. The molecule has 116 valence electrons. The predicted molar refractivity (Wildman–Crippen MR) is 88.0 cm³/mol. The Balaban J connectivity index is 1.98. The van der Waals surface area contributed by atoms with Crippen LogP contribution in [0, 0.1) is 0 Å². The molecule has 0 aliphatic carbocycles. The molecule has 3 nitrogen and oxygen atoms in total. The van der Waals surface area contributed by atoms with Crippen molar-refractivity contribution in [3.05, 3.63) is 34.9 Å². The van der Waals surface area contributed by atoms with E-state index < -0.39 is 0 Å². The zero-order chi connectivity index (χ0) is 15.4. The maximum atomic E-state index is 12.0. The van der Waals surface area contributed by atoms with Gasteiger partial charge in [0.15, 0.2) is 0 Å². The maximum Gasteiger partial charge on any atom is 0.138 e. The first-order valence-electron chi connectivity index (χ1n) is 7.69. The van der Waals surface area contributed by atoms with Crippen LogP contribution in [-0.4, -0.2) is 54.3 Å². The first kappa shape index (κ1) is 16.5. The Morgan fingerprint density at radius 1 is 1.14 bits per heavy atom. The van der Waals surface area contributed by atoms with Crippen molar-refractivity contribution in [2.75, 3.05) is 32.7 Å². The van der Waals surface area contributed by atoms with Crippen molar-refractivity contribution in [1.29, 1.82) is 0 Å². The Morgan fingerprint density at radius 2 is 1.71 bits per heavy atom. The average Bonchev–Trinajstić information content (AvgIpc) is 2.46. The first-order valence-corrected chi connectivity index (χ1v) is 8.07. The normalized spacial score (nSPS) is 18.9. The van der Waals surface area contributed by atoms with E-state index in [0.717, 1.165) is 38.3 Å². The lowest BCUT2D eigenvalue weighted by molar-refractivity contribution is -0.119. The van der Waals surface area contributed by atoms with E-state index in [1.807, 2.05) is 24.3 Å². The number of ketones is 1. The van der Waals surface area contributed by atoms with Gasteiger partial charge >= 0.3 is 0 Å². The minimum atomic E-state index is -0.0483. The first-order chi connectivity index (χ1) is 9.97. The molecule has 1 aliphatic heterocycles. The number of hydrogen-bond acceptors (Lipinski definition) is 3. The van der Waals surface area contributed by atoms with Crippen LogP contribution in [0.3, 0.4) is 0 Å². The Bertz CT molecular complexity index is 464. The summed E-state index contributed by atoms with van der Waals surface area (Å²) in [7, 11) is 0. The van der Waals surface area contributed by atoms with Crippen LogP contribution >= 0.6 is 11.6 Å². The molecule has 0 unspecified atom stereocenters. The van der Waals surface area contributed by atoms with Crippen molar-refractivity contribution < 1.29 is 4.79 Å². The van der Waals surface area contributed by atoms with Crippen LogP contribution in [0.2, 0.25) is 5.02 Å². The number of rotatable bonds is 5. The average molecular weight is 309 g/mol. The molecule has 0 aromatic heterocycles. The highest BCUT2D eigenvalue weighted by atomic mass is 35.5. The Labute approximate surface area is 132 Å². The van der Waals surface area contributed by atoms with Gasteiger partial charge in [-0.1, -0.05) is 23.7 Å². The second-order valence-corrected chi connectivity index (χ2v) is 6.58. The maximum absolute atomic E-state index is 12.0. The summed E-state index contributed by atoms with van der Waals surface area (Å²) in [6.07, 6.45) is 0. The molecule has 0 radical (unpaired) electrons. The largest absolute Gasteiger partial charge is 0.300 e. The summed E-state index contributed by atoms with van der Waals surface area (Å²) in [6.45, 7) is 11.2. The topological polar surface area (TPSA) is 23.6 Å². The molecule has 0 saturated carbocycles. The van der Waals surface area contributed by atoms with E-state index >= 15 is 0 Å². The van der Waals surface area contributed by atoms with E-state index in [2.05, 4.69) is 23.6 Å². The van der Waals surface area contributed by atoms with E-state index in [9.17, 15) is 4.79 Å². The highest BCUT2D eigenvalue weighted by Gasteiger charge is 2.24. The third kappa shape index (κ3) is 4.53. The van der Waals surface area contributed by atoms with Crippen LogP contribution < -0.4 is 0 Å². The quantitative estimate of drug-likeness (QED) is 0.835. The molecule has 0 amide bonds. The zero-order valence-electron chi connectivity index (χ0n) is 13.2. The number of piperazine rings is 1. The highest BCUT2D eigenvalue weighted by Crippen LogP contribution is 2.21. The van der Waals surface area contributed by atoms with Gasteiger partial charge in [-0.15, -0.1) is 0 Å². The molecule has 1 aromatic carbocycles. The lowest BCUT2D eigenvalue weighted by Crippen LogP contribution is -2.50. The number of hydrogen-bond donors (Lipinski definition) is 0. The van der Waals surface area contributed by atoms with Gasteiger partial charge in [-0.05, 0) is 38.5 Å². The van der Waals surface area contributed by atoms with Crippen LogP contribution in [0.4, 0.5) is 0 Å². The van der Waals surface area contributed by atoms with Crippen molar-refractivity contribution in [3.8, 4) is 0 Å². The summed E-state index contributed by atoms with van der Waals surface area (Å²) in [5, 5.41) is 0.714. The molecule has 4 heteroatoms. The van der Waals surface area contributed by atoms with Crippen molar-refractivity contribution in [1.82, 2.24) is 9.80 Å². The smallest absolute Gasteiger partial charge is 0.138 e. The van der Waals surface area contributed by atoms with E-state index in [-0.39, 0.29) is 11.7 Å². The Kier molecular flexibility index (Phi) is 5.80. The Morgan fingerprint density at radius 3 is 2.19 bits per heavy atom. The number of benzene rings is 1. The SMILES string of the molecule is CC(=O)[C@@H](CN1CCN(C(C)C)CC1)c1ccc(Cl)cc1. The van der Waals surface area contributed by atoms with Crippen LogP contribution in [0.1, 0.15) is 32.3 Å². The zero-order valence-corrected chi connectivity index (χ0v) is 13.9. The third-order valence-corrected chi connectivity index (χ3v) is 4.59. The third-order valence-electron chi connectivity index (χ3n) is 4.34. The summed E-state index contributed by atoms with van der Waals surface area (Å²) < 4.78 is 0. The minimum absolute atomic E-state index is 0.0483. The van der Waals surface area contributed by atoms with Crippen LogP contribution in [0.5, 0.6) is 0 Å². The van der Waals surface area contributed by atoms with Crippen molar-refractivity contribution in [3.63, 3.8) is 0 Å². The fourth-order valence-electron chi connectivity index (χ4n) is 2.88. The highest BCUT2D eigenvalue weighted by molar-refractivity contribution is 6.30. The van der Waals surface area contributed by atoms with Crippen molar-refractivity contribution in [2.45, 2.75) is 32.7 Å². The number of Topliss-reactive ketones (excluding diaryl/α,β-unsaturated/α-hetero) is 1. The molecule has 1 aromatic rings. The molecular formula is C17H25ClN2O. The van der Waals surface area contributed by atoms with Gasteiger partial charge < -0.3 is 0 Å². The minimum Gasteiger partial charge on any atom is -0.300 e. The van der Waals surface area contributed by atoms with Gasteiger partial charge in [0.05, 0.1) is 5.92 Å². The molecule has 1 fully saturated rings. The van der Waals surface area contributed by atoms with Crippen LogP contribution in [0.25, 0.3) is 0 Å². The van der Waals surface area contributed by atoms with E-state index in [0.29, 0.717) is 11.1 Å². The molecule has 1 saturated heterocycles. The van der Waals surface area contributed by atoms with Gasteiger partial charge in [0, 0.05) is 43.8 Å². The number of carbonyl (C=O) groups excluding carboxylic acids is 1. The van der Waals surface area contributed by atoms with Crippen LogP contribution in [-0.2, 0) is 4.79 Å². The molecule has 0 bridgehead atoms. The van der Waals surface area contributed by atoms with E-state index in [1.165, 1.54) is 0 Å². The van der Waals surface area contributed by atoms with Gasteiger partial charge in [0.25, 0.3) is 0 Å². The second kappa shape index (κ2) is 7.39. The Hall–Kier alpha value is -0.900. The lowest BCUT2D eigenvalue weighted by Gasteiger charge is -2.38. The summed E-state index contributed by atoms with van der Waals surface area (Å²) in [5.74, 6) is 0.177. The standard InChI is InChI=1S/C17H25ClN2O/c1-13(2)20-10-8-19(9-11-20)12-17(14(3)21)15-4-6-16(18)7-5-15/h4-7,13,17H,8-12H2,1-3H3/t17-/m1/s1. The van der Waals surface area contributed by atoms with Crippen LogP contribution in [0.15, 0.2) is 24.3 Å². The van der Waals surface area contributed by atoms with Gasteiger partial charge in [0.1, 0.15) is 5.78 Å². The summed E-state index contributed by atoms with van der Waals surface area (Å²) in [6, 6.07) is 8.27. The van der Waals surface area contributed by atoms with Gasteiger partial charge in [-0.25, -0.2) is 0 Å². The molecule has 1 heterocycles. The molecule has 1 aliphatic rings. The lowest BCUT2D eigenvalue weighted by atomic mass is 9.94. The van der Waals surface area contributed by atoms with Gasteiger partial charge in [-0.2, -0.15) is 0 Å². The van der Waals surface area contributed by atoms with E-state index in [4.69, 9.17) is 11.6 Å². The number of carbonyl (C=O) groups is 1.